The number of nitrogens with zero attached hydrogens (tertiary/aromatic N) is 2. The van der Waals surface area contributed by atoms with Gasteiger partial charge in [-0.15, -0.1) is 0 Å². The number of H-pyrrole nitrogens is 1. The van der Waals surface area contributed by atoms with Crippen LogP contribution in [0.5, 0.6) is 5.75 Å². The van der Waals surface area contributed by atoms with Crippen molar-refractivity contribution in [1.82, 2.24) is 10.2 Å². The predicted molar refractivity (Wildman–Crippen MR) is 80.1 cm³/mol. The number of aromatic nitrogens is 2. The van der Waals surface area contributed by atoms with Gasteiger partial charge in [0.25, 0.3) is 5.56 Å². The van der Waals surface area contributed by atoms with Crippen molar-refractivity contribution in [3.8, 4) is 5.75 Å². The van der Waals surface area contributed by atoms with Gasteiger partial charge >= 0.3 is 6.18 Å². The highest BCUT2D eigenvalue weighted by atomic mass is 35.5. The summed E-state index contributed by atoms with van der Waals surface area (Å²) in [5.41, 5.74) is -0.685. The van der Waals surface area contributed by atoms with Crippen molar-refractivity contribution < 1.29 is 17.9 Å². The molecule has 0 amide bonds. The number of benzene rings is 1. The van der Waals surface area contributed by atoms with Crippen LogP contribution in [0.4, 0.5) is 18.9 Å². The average molecular weight is 348 g/mol. The Hall–Kier alpha value is -2.22. The molecule has 0 fully saturated rings. The fourth-order valence-corrected chi connectivity index (χ4v) is 2.05. The molecule has 0 radical (unpaired) electrons. The normalized spacial score (nSPS) is 11.3. The summed E-state index contributed by atoms with van der Waals surface area (Å²) in [6, 6.07) is 5.72. The fraction of sp³-hybridized carbons (Fsp3) is 0.286. The first-order valence-electron chi connectivity index (χ1n) is 6.54. The molecule has 9 heteroatoms. The van der Waals surface area contributed by atoms with E-state index in [1.165, 1.54) is 18.2 Å². The maximum absolute atomic E-state index is 12.4. The summed E-state index contributed by atoms with van der Waals surface area (Å²) in [6.45, 7) is 0.566. The van der Waals surface area contributed by atoms with Crippen molar-refractivity contribution >= 4 is 17.3 Å². The van der Waals surface area contributed by atoms with Gasteiger partial charge in [0.2, 0.25) is 0 Å². The summed E-state index contributed by atoms with van der Waals surface area (Å²) >= 11 is 5.88. The molecule has 0 bridgehead atoms. The van der Waals surface area contributed by atoms with Crippen molar-refractivity contribution in [2.24, 2.45) is 0 Å². The highest BCUT2D eigenvalue weighted by molar-refractivity contribution is 6.31. The quantitative estimate of drug-likeness (QED) is 0.903. The van der Waals surface area contributed by atoms with Crippen LogP contribution in [-0.4, -0.2) is 30.4 Å². The number of aromatic amines is 1. The molecule has 124 valence electrons. The minimum Gasteiger partial charge on any atom is -0.492 e. The van der Waals surface area contributed by atoms with Crippen LogP contribution in [-0.2, 0) is 6.18 Å². The Morgan fingerprint density at radius 3 is 2.57 bits per heavy atom. The number of rotatable bonds is 5. The minimum atomic E-state index is -4.37. The van der Waals surface area contributed by atoms with Crippen LogP contribution in [0, 0.1) is 0 Å². The molecule has 0 aliphatic rings. The van der Waals surface area contributed by atoms with Gasteiger partial charge in [-0.25, -0.2) is 5.10 Å². The highest BCUT2D eigenvalue weighted by Gasteiger charge is 2.29. The molecule has 2 rings (SSSR count). The molecule has 0 atom stereocenters. The van der Waals surface area contributed by atoms with Gasteiger partial charge in [-0.2, -0.15) is 18.3 Å². The molecule has 0 unspecified atom stereocenters. The van der Waals surface area contributed by atoms with Crippen molar-refractivity contribution in [2.45, 2.75) is 6.18 Å². The van der Waals surface area contributed by atoms with E-state index < -0.39 is 11.7 Å². The smallest absolute Gasteiger partial charge is 0.416 e. The summed E-state index contributed by atoms with van der Waals surface area (Å²) < 4.78 is 42.7. The zero-order valence-corrected chi connectivity index (χ0v) is 12.8. The lowest BCUT2D eigenvalue weighted by Crippen LogP contribution is -2.26. The molecule has 1 heterocycles. The predicted octanol–water partition coefficient (Wildman–Crippen LogP) is 2.96. The van der Waals surface area contributed by atoms with E-state index in [1.54, 1.807) is 11.9 Å². The Labute approximate surface area is 134 Å². The molecule has 5 nitrogen and oxygen atoms in total. The molecule has 0 spiro atoms. The van der Waals surface area contributed by atoms with Crippen molar-refractivity contribution in [3.63, 3.8) is 0 Å². The Bertz CT molecular complexity index is 716. The number of nitrogens with one attached hydrogen (secondary N) is 1. The van der Waals surface area contributed by atoms with E-state index >= 15 is 0 Å². The number of anilines is 1. The van der Waals surface area contributed by atoms with Gasteiger partial charge in [-0.1, -0.05) is 11.6 Å². The monoisotopic (exact) mass is 347 g/mol. The van der Waals surface area contributed by atoms with E-state index in [9.17, 15) is 18.0 Å². The summed E-state index contributed by atoms with van der Waals surface area (Å²) in [6.07, 6.45) is -4.37. The van der Waals surface area contributed by atoms with E-state index in [1.807, 2.05) is 0 Å². The number of hydrogen-bond acceptors (Lipinski definition) is 4. The number of likely N-dealkylation sites (N-methyl/N-ethyl adjacent to an activating group) is 1. The number of halogens is 4. The summed E-state index contributed by atoms with van der Waals surface area (Å²) in [5, 5.41) is 5.98. The van der Waals surface area contributed by atoms with E-state index in [-0.39, 0.29) is 17.3 Å². The topological polar surface area (TPSA) is 58.2 Å². The van der Waals surface area contributed by atoms with Crippen LogP contribution in [0.3, 0.4) is 0 Å². The third kappa shape index (κ3) is 4.62. The minimum absolute atomic E-state index is 0.140. The van der Waals surface area contributed by atoms with E-state index in [4.69, 9.17) is 16.3 Å². The first kappa shape index (κ1) is 17.1. The molecular weight excluding hydrogens is 335 g/mol. The van der Waals surface area contributed by atoms with Crippen molar-refractivity contribution in [1.29, 1.82) is 0 Å². The Balaban J connectivity index is 1.92. The van der Waals surface area contributed by atoms with Crippen LogP contribution >= 0.6 is 11.6 Å². The summed E-state index contributed by atoms with van der Waals surface area (Å²) in [7, 11) is 1.69. The highest BCUT2D eigenvalue weighted by Crippen LogP contribution is 2.30. The van der Waals surface area contributed by atoms with Crippen molar-refractivity contribution in [2.75, 3.05) is 25.1 Å². The fourth-order valence-electron chi connectivity index (χ4n) is 1.81. The number of ether oxygens (including phenoxy) is 1. The third-order valence-corrected chi connectivity index (χ3v) is 3.31. The van der Waals surface area contributed by atoms with Gasteiger partial charge in [0, 0.05) is 13.1 Å². The number of hydrogen-bond donors (Lipinski definition) is 1. The van der Waals surface area contributed by atoms with Crippen LogP contribution < -0.4 is 15.2 Å². The molecular formula is C14H13ClF3N3O2. The lowest BCUT2D eigenvalue weighted by atomic mass is 10.2. The van der Waals surface area contributed by atoms with E-state index in [0.29, 0.717) is 18.0 Å². The van der Waals surface area contributed by atoms with Crippen molar-refractivity contribution in [3.05, 3.63) is 51.4 Å². The Kier molecular flexibility index (Phi) is 5.15. The molecule has 1 N–H and O–H groups in total. The standard InChI is InChI=1S/C14H13ClF3N3O2/c1-21(11-8-12(22)19-20-13(11)15)6-7-23-10-4-2-9(3-5-10)14(16,17)18/h2-5,8H,6-7H2,1H3,(H,19,22). The molecule has 0 aliphatic heterocycles. The zero-order valence-electron chi connectivity index (χ0n) is 12.0. The number of alkyl halides is 3. The second kappa shape index (κ2) is 6.91. The van der Waals surface area contributed by atoms with Gasteiger partial charge in [0.05, 0.1) is 17.8 Å². The largest absolute Gasteiger partial charge is 0.492 e. The average Bonchev–Trinajstić information content (AvgIpc) is 2.49. The Morgan fingerprint density at radius 2 is 1.96 bits per heavy atom. The van der Waals surface area contributed by atoms with Gasteiger partial charge in [-0.3, -0.25) is 4.79 Å². The Morgan fingerprint density at radius 1 is 1.30 bits per heavy atom. The lowest BCUT2D eigenvalue weighted by Gasteiger charge is -2.19. The zero-order chi connectivity index (χ0) is 17.0. The van der Waals surface area contributed by atoms with Crippen LogP contribution in [0.2, 0.25) is 5.15 Å². The first-order chi connectivity index (χ1) is 10.8. The summed E-state index contributed by atoms with van der Waals surface area (Å²) in [4.78, 5) is 12.9. The molecule has 1 aromatic carbocycles. The van der Waals surface area contributed by atoms with Gasteiger partial charge < -0.3 is 9.64 Å². The van der Waals surface area contributed by atoms with E-state index in [0.717, 1.165) is 12.1 Å². The molecule has 1 aromatic heterocycles. The van der Waals surface area contributed by atoms with Crippen LogP contribution in [0.15, 0.2) is 35.1 Å². The maximum atomic E-state index is 12.4. The molecule has 0 saturated carbocycles. The molecule has 2 aromatic rings. The van der Waals surface area contributed by atoms with E-state index in [2.05, 4.69) is 10.2 Å². The molecule has 0 saturated heterocycles. The lowest BCUT2D eigenvalue weighted by molar-refractivity contribution is -0.137. The van der Waals surface area contributed by atoms with Gasteiger partial charge in [0.15, 0.2) is 5.15 Å². The second-order valence-electron chi connectivity index (χ2n) is 4.70. The SMILES string of the molecule is CN(CCOc1ccc(C(F)(F)F)cc1)c1cc(=O)[nH]nc1Cl. The van der Waals surface area contributed by atoms with Crippen LogP contribution in [0.1, 0.15) is 5.56 Å². The third-order valence-electron chi connectivity index (χ3n) is 3.03. The van der Waals surface area contributed by atoms with Gasteiger partial charge in [-0.05, 0) is 24.3 Å². The van der Waals surface area contributed by atoms with Crippen LogP contribution in [0.25, 0.3) is 0 Å². The molecule has 23 heavy (non-hydrogen) atoms. The summed E-state index contributed by atoms with van der Waals surface area (Å²) in [5.74, 6) is 0.321. The maximum Gasteiger partial charge on any atom is 0.416 e. The van der Waals surface area contributed by atoms with Gasteiger partial charge in [0.1, 0.15) is 12.4 Å². The second-order valence-corrected chi connectivity index (χ2v) is 5.06. The molecule has 0 aliphatic carbocycles. The first-order valence-corrected chi connectivity index (χ1v) is 6.91.